The van der Waals surface area contributed by atoms with Gasteiger partial charge >= 0.3 is 0 Å². The molecule has 1 aromatic heterocycles. The van der Waals surface area contributed by atoms with E-state index in [9.17, 15) is 4.39 Å². The summed E-state index contributed by atoms with van der Waals surface area (Å²) in [7, 11) is 3.25. The highest BCUT2D eigenvalue weighted by molar-refractivity contribution is 5.36. The second-order valence-corrected chi connectivity index (χ2v) is 3.94. The lowest BCUT2D eigenvalue weighted by molar-refractivity contribution is 0.385. The molecule has 0 saturated heterocycles. The first-order valence-electron chi connectivity index (χ1n) is 5.44. The summed E-state index contributed by atoms with van der Waals surface area (Å²) >= 11 is 0. The molecule has 0 saturated carbocycles. The molecule has 96 valence electrons. The third-order valence-corrected chi connectivity index (χ3v) is 2.73. The lowest BCUT2D eigenvalue weighted by Crippen LogP contribution is -2.28. The zero-order valence-electron chi connectivity index (χ0n) is 10.2. The maximum Gasteiger partial charge on any atom is 0.165 e. The number of nitrogens with zero attached hydrogens (tertiary/aromatic N) is 2. The van der Waals surface area contributed by atoms with Crippen LogP contribution >= 0.6 is 0 Å². The predicted octanol–water partition coefficient (Wildman–Crippen LogP) is 1.12. The van der Waals surface area contributed by atoms with E-state index in [2.05, 4.69) is 10.5 Å². The van der Waals surface area contributed by atoms with Crippen LogP contribution in [0, 0.1) is 5.82 Å². The molecule has 18 heavy (non-hydrogen) atoms. The van der Waals surface area contributed by atoms with Crippen LogP contribution in [0.4, 0.5) is 4.39 Å². The number of nitrogens with two attached hydrogens (primary N) is 1. The van der Waals surface area contributed by atoms with Crippen LogP contribution in [-0.2, 0) is 7.05 Å². The summed E-state index contributed by atoms with van der Waals surface area (Å²) in [4.78, 5) is 0. The van der Waals surface area contributed by atoms with Crippen molar-refractivity contribution in [2.24, 2.45) is 12.9 Å². The Morgan fingerprint density at radius 1 is 1.44 bits per heavy atom. The van der Waals surface area contributed by atoms with E-state index < -0.39 is 5.82 Å². The minimum absolute atomic E-state index is 0.191. The average molecular weight is 250 g/mol. The zero-order chi connectivity index (χ0) is 13.1. The Bertz CT molecular complexity index is 541. The maximum atomic E-state index is 13.4. The number of nitrogens with one attached hydrogen (secondary N) is 1. The minimum Gasteiger partial charge on any atom is -0.494 e. The van der Waals surface area contributed by atoms with Crippen LogP contribution in [0.15, 0.2) is 30.6 Å². The first-order chi connectivity index (χ1) is 8.65. The van der Waals surface area contributed by atoms with Gasteiger partial charge in [0.1, 0.15) is 0 Å². The van der Waals surface area contributed by atoms with E-state index in [0.29, 0.717) is 0 Å². The summed E-state index contributed by atoms with van der Waals surface area (Å²) < 4.78 is 20.0. The number of hydrazine groups is 1. The molecule has 3 N–H and O–H groups in total. The Morgan fingerprint density at radius 3 is 2.78 bits per heavy atom. The monoisotopic (exact) mass is 250 g/mol. The lowest BCUT2D eigenvalue weighted by Gasteiger charge is -2.15. The third-order valence-electron chi connectivity index (χ3n) is 2.73. The zero-order valence-corrected chi connectivity index (χ0v) is 10.2. The number of methoxy groups -OCH3 is 1. The van der Waals surface area contributed by atoms with E-state index in [-0.39, 0.29) is 11.8 Å². The van der Waals surface area contributed by atoms with Crippen molar-refractivity contribution in [3.8, 4) is 5.75 Å². The lowest BCUT2D eigenvalue weighted by atomic mass is 10.0. The van der Waals surface area contributed by atoms with Gasteiger partial charge in [0.25, 0.3) is 0 Å². The number of aryl methyl sites for hydroxylation is 1. The smallest absolute Gasteiger partial charge is 0.165 e. The summed E-state index contributed by atoms with van der Waals surface area (Å²) in [5.74, 6) is 5.35. The number of hydrogen-bond acceptors (Lipinski definition) is 4. The molecule has 0 bridgehead atoms. The summed E-state index contributed by atoms with van der Waals surface area (Å²) in [6.07, 6.45) is 3.56. The molecule has 0 radical (unpaired) electrons. The molecule has 1 atom stereocenters. The Labute approximate surface area is 104 Å². The van der Waals surface area contributed by atoms with Crippen molar-refractivity contribution in [3.05, 3.63) is 47.5 Å². The second kappa shape index (κ2) is 5.16. The third kappa shape index (κ3) is 2.34. The van der Waals surface area contributed by atoms with Crippen molar-refractivity contribution in [1.82, 2.24) is 15.2 Å². The fraction of sp³-hybridized carbons (Fsp3) is 0.250. The molecule has 0 aliphatic heterocycles. The van der Waals surface area contributed by atoms with Crippen LogP contribution in [0.3, 0.4) is 0 Å². The number of aromatic nitrogens is 2. The molecule has 1 heterocycles. The van der Waals surface area contributed by atoms with Gasteiger partial charge in [-0.2, -0.15) is 5.10 Å². The normalized spacial score (nSPS) is 12.4. The highest BCUT2D eigenvalue weighted by Crippen LogP contribution is 2.26. The summed E-state index contributed by atoms with van der Waals surface area (Å²) in [5, 5.41) is 4.09. The number of hydrogen-bond donors (Lipinski definition) is 2. The van der Waals surface area contributed by atoms with Gasteiger partial charge in [0, 0.05) is 18.8 Å². The van der Waals surface area contributed by atoms with Gasteiger partial charge in [-0.15, -0.1) is 0 Å². The standard InChI is InChI=1S/C12H15FN4O/c1-17-7-9(6-15-17)12(16-14)8-3-4-10(13)11(5-8)18-2/h3-7,12,16H,14H2,1-2H3. The molecule has 0 amide bonds. The molecular formula is C12H15FN4O. The Morgan fingerprint density at radius 2 is 2.22 bits per heavy atom. The molecule has 2 aromatic rings. The van der Waals surface area contributed by atoms with Crippen molar-refractivity contribution in [2.45, 2.75) is 6.04 Å². The van der Waals surface area contributed by atoms with E-state index in [0.717, 1.165) is 11.1 Å². The Balaban J connectivity index is 2.38. The highest BCUT2D eigenvalue weighted by Gasteiger charge is 2.16. The van der Waals surface area contributed by atoms with Gasteiger partial charge in [0.2, 0.25) is 0 Å². The van der Waals surface area contributed by atoms with E-state index in [1.807, 2.05) is 13.2 Å². The SMILES string of the molecule is COc1cc(C(NN)c2cnn(C)c2)ccc1F. The number of benzene rings is 1. The van der Waals surface area contributed by atoms with Crippen LogP contribution in [0.25, 0.3) is 0 Å². The van der Waals surface area contributed by atoms with E-state index in [1.165, 1.54) is 13.2 Å². The minimum atomic E-state index is -0.400. The number of halogens is 1. The van der Waals surface area contributed by atoms with Gasteiger partial charge in [-0.3, -0.25) is 10.5 Å². The van der Waals surface area contributed by atoms with Gasteiger partial charge in [-0.1, -0.05) is 6.07 Å². The first-order valence-corrected chi connectivity index (χ1v) is 5.44. The average Bonchev–Trinajstić information content (AvgIpc) is 2.79. The van der Waals surface area contributed by atoms with Gasteiger partial charge in [-0.25, -0.2) is 9.82 Å². The number of rotatable bonds is 4. The van der Waals surface area contributed by atoms with Crippen LogP contribution in [0.5, 0.6) is 5.75 Å². The van der Waals surface area contributed by atoms with Crippen molar-refractivity contribution < 1.29 is 9.13 Å². The fourth-order valence-electron chi connectivity index (χ4n) is 1.83. The van der Waals surface area contributed by atoms with Gasteiger partial charge < -0.3 is 4.74 Å². The summed E-state index contributed by atoms with van der Waals surface area (Å²) in [6, 6.07) is 4.38. The van der Waals surface area contributed by atoms with Crippen LogP contribution in [0.2, 0.25) is 0 Å². The molecule has 5 nitrogen and oxygen atoms in total. The molecule has 1 unspecified atom stereocenters. The Kier molecular flexibility index (Phi) is 3.59. The predicted molar refractivity (Wildman–Crippen MR) is 65.3 cm³/mol. The van der Waals surface area contributed by atoms with Crippen molar-refractivity contribution in [1.29, 1.82) is 0 Å². The van der Waals surface area contributed by atoms with E-state index in [1.54, 1.807) is 23.0 Å². The maximum absolute atomic E-state index is 13.4. The van der Waals surface area contributed by atoms with Gasteiger partial charge in [0.05, 0.1) is 19.3 Å². The quantitative estimate of drug-likeness (QED) is 0.630. The summed E-state index contributed by atoms with van der Waals surface area (Å²) in [5.41, 5.74) is 4.39. The molecule has 0 fully saturated rings. The van der Waals surface area contributed by atoms with E-state index >= 15 is 0 Å². The van der Waals surface area contributed by atoms with Crippen LogP contribution < -0.4 is 16.0 Å². The van der Waals surface area contributed by atoms with Gasteiger partial charge in [-0.05, 0) is 17.7 Å². The molecule has 0 aliphatic rings. The molecule has 0 aliphatic carbocycles. The molecule has 1 aromatic carbocycles. The fourth-order valence-corrected chi connectivity index (χ4v) is 1.83. The topological polar surface area (TPSA) is 65.1 Å². The summed E-state index contributed by atoms with van der Waals surface area (Å²) in [6.45, 7) is 0. The second-order valence-electron chi connectivity index (χ2n) is 3.94. The van der Waals surface area contributed by atoms with Crippen LogP contribution in [-0.4, -0.2) is 16.9 Å². The van der Waals surface area contributed by atoms with Crippen molar-refractivity contribution in [3.63, 3.8) is 0 Å². The molecule has 2 rings (SSSR count). The highest BCUT2D eigenvalue weighted by atomic mass is 19.1. The molecular weight excluding hydrogens is 235 g/mol. The molecule has 6 heteroatoms. The van der Waals surface area contributed by atoms with Crippen molar-refractivity contribution >= 4 is 0 Å². The van der Waals surface area contributed by atoms with Crippen molar-refractivity contribution in [2.75, 3.05) is 7.11 Å². The first kappa shape index (κ1) is 12.5. The van der Waals surface area contributed by atoms with Gasteiger partial charge in [0.15, 0.2) is 11.6 Å². The number of ether oxygens (including phenoxy) is 1. The molecule has 0 spiro atoms. The largest absolute Gasteiger partial charge is 0.494 e. The Hall–Kier alpha value is -1.92. The van der Waals surface area contributed by atoms with E-state index in [4.69, 9.17) is 10.6 Å². The van der Waals surface area contributed by atoms with Crippen LogP contribution in [0.1, 0.15) is 17.2 Å².